The maximum absolute atomic E-state index is 12.4. The van der Waals surface area contributed by atoms with Gasteiger partial charge in [-0.3, -0.25) is 0 Å². The lowest BCUT2D eigenvalue weighted by atomic mass is 10.0. The minimum absolute atomic E-state index is 0. The second kappa shape index (κ2) is 7.62. The van der Waals surface area contributed by atoms with E-state index in [1.165, 1.54) is 24.3 Å². The number of alkyl halides is 6. The van der Waals surface area contributed by atoms with E-state index in [1.807, 2.05) is 0 Å². The standard InChI is InChI=1S/C15H11F6NO2.H3N/c16-14(17,18)23-12-3-1-2-9(6-12)10-4-5-11(8-22)13(7-10)24-15(19,20)21;/h1-7H,8,22H2;1H3. The third-order valence-corrected chi connectivity index (χ3v) is 2.91. The highest BCUT2D eigenvalue weighted by Crippen LogP contribution is 2.33. The van der Waals surface area contributed by atoms with Gasteiger partial charge in [0.1, 0.15) is 11.5 Å². The van der Waals surface area contributed by atoms with Gasteiger partial charge in [0.15, 0.2) is 0 Å². The zero-order valence-electron chi connectivity index (χ0n) is 12.6. The molecule has 4 nitrogen and oxygen atoms in total. The summed E-state index contributed by atoms with van der Waals surface area (Å²) in [6, 6.07) is 8.66. The lowest BCUT2D eigenvalue weighted by Gasteiger charge is -2.14. The first-order chi connectivity index (χ1) is 11.1. The van der Waals surface area contributed by atoms with Crippen LogP contribution in [0.15, 0.2) is 42.5 Å². The minimum atomic E-state index is -4.91. The summed E-state index contributed by atoms with van der Waals surface area (Å²) in [7, 11) is 0. The number of benzene rings is 2. The lowest BCUT2D eigenvalue weighted by molar-refractivity contribution is -0.275. The van der Waals surface area contributed by atoms with Gasteiger partial charge in [0, 0.05) is 12.1 Å². The molecule has 10 heteroatoms. The van der Waals surface area contributed by atoms with Crippen molar-refractivity contribution in [1.82, 2.24) is 6.15 Å². The van der Waals surface area contributed by atoms with Gasteiger partial charge in [0.05, 0.1) is 0 Å². The van der Waals surface area contributed by atoms with Crippen molar-refractivity contribution < 1.29 is 35.8 Å². The highest BCUT2D eigenvalue weighted by Gasteiger charge is 2.32. The fourth-order valence-electron chi connectivity index (χ4n) is 2.00. The van der Waals surface area contributed by atoms with Crippen LogP contribution in [-0.2, 0) is 6.54 Å². The van der Waals surface area contributed by atoms with E-state index >= 15 is 0 Å². The molecule has 2 aromatic carbocycles. The van der Waals surface area contributed by atoms with Gasteiger partial charge in [0.25, 0.3) is 0 Å². The molecule has 2 aromatic rings. The molecule has 0 amide bonds. The Morgan fingerprint density at radius 3 is 1.96 bits per heavy atom. The summed E-state index contributed by atoms with van der Waals surface area (Å²) in [5.74, 6) is -0.995. The molecule has 0 heterocycles. The normalized spacial score (nSPS) is 11.6. The molecule has 0 unspecified atom stereocenters. The van der Waals surface area contributed by atoms with Crippen LogP contribution in [0, 0.1) is 0 Å². The highest BCUT2D eigenvalue weighted by atomic mass is 19.4. The van der Waals surface area contributed by atoms with Crippen LogP contribution in [0.4, 0.5) is 26.3 Å². The van der Waals surface area contributed by atoms with E-state index in [9.17, 15) is 26.3 Å². The Morgan fingerprint density at radius 2 is 1.40 bits per heavy atom. The number of hydrogen-bond acceptors (Lipinski definition) is 4. The molecule has 0 spiro atoms. The van der Waals surface area contributed by atoms with Crippen LogP contribution in [0.1, 0.15) is 5.56 Å². The molecule has 0 atom stereocenters. The van der Waals surface area contributed by atoms with Crippen molar-refractivity contribution in [2.24, 2.45) is 5.73 Å². The van der Waals surface area contributed by atoms with E-state index in [4.69, 9.17) is 5.73 Å². The van der Waals surface area contributed by atoms with Crippen LogP contribution in [0.2, 0.25) is 0 Å². The van der Waals surface area contributed by atoms with Gasteiger partial charge in [-0.1, -0.05) is 24.3 Å². The molecular weight excluding hydrogens is 354 g/mol. The zero-order chi connectivity index (χ0) is 18.0. The quantitative estimate of drug-likeness (QED) is 0.762. The smallest absolute Gasteiger partial charge is 0.406 e. The molecule has 0 bridgehead atoms. The van der Waals surface area contributed by atoms with E-state index in [-0.39, 0.29) is 29.4 Å². The third kappa shape index (κ3) is 6.16. The van der Waals surface area contributed by atoms with Crippen molar-refractivity contribution in [3.63, 3.8) is 0 Å². The van der Waals surface area contributed by atoms with Crippen LogP contribution < -0.4 is 21.4 Å². The molecule has 0 radical (unpaired) electrons. The highest BCUT2D eigenvalue weighted by molar-refractivity contribution is 5.67. The molecule has 0 aliphatic rings. The van der Waals surface area contributed by atoms with Crippen LogP contribution in [0.25, 0.3) is 11.1 Å². The van der Waals surface area contributed by atoms with Crippen molar-refractivity contribution >= 4 is 0 Å². The largest absolute Gasteiger partial charge is 0.573 e. The summed E-state index contributed by atoms with van der Waals surface area (Å²) in [6.07, 6.45) is -9.78. The number of nitrogens with two attached hydrogens (primary N) is 1. The van der Waals surface area contributed by atoms with Crippen molar-refractivity contribution in [3.8, 4) is 22.6 Å². The number of rotatable bonds is 4. The molecule has 0 saturated carbocycles. The zero-order valence-corrected chi connectivity index (χ0v) is 12.6. The topological polar surface area (TPSA) is 79.5 Å². The Hall–Kier alpha value is -2.46. The summed E-state index contributed by atoms with van der Waals surface area (Å²) in [6.45, 7) is -0.192. The molecule has 0 aromatic heterocycles. The van der Waals surface area contributed by atoms with E-state index in [0.29, 0.717) is 0 Å². The Bertz CT molecular complexity index is 716. The SMILES string of the molecule is N.NCc1ccc(-c2cccc(OC(F)(F)F)c2)cc1OC(F)(F)F. The summed E-state index contributed by atoms with van der Waals surface area (Å²) < 4.78 is 81.7. The van der Waals surface area contributed by atoms with E-state index in [1.54, 1.807) is 0 Å². The van der Waals surface area contributed by atoms with E-state index in [0.717, 1.165) is 18.2 Å². The maximum Gasteiger partial charge on any atom is 0.573 e. The molecule has 2 rings (SSSR count). The molecule has 5 N–H and O–H groups in total. The van der Waals surface area contributed by atoms with Gasteiger partial charge < -0.3 is 21.4 Å². The summed E-state index contributed by atoms with van der Waals surface area (Å²) in [5, 5.41) is 0. The van der Waals surface area contributed by atoms with Crippen molar-refractivity contribution in [2.75, 3.05) is 0 Å². The summed E-state index contributed by atoms with van der Waals surface area (Å²) in [5.41, 5.74) is 5.92. The fourth-order valence-corrected chi connectivity index (χ4v) is 2.00. The van der Waals surface area contributed by atoms with Gasteiger partial charge in [-0.05, 0) is 29.3 Å². The van der Waals surface area contributed by atoms with Crippen molar-refractivity contribution in [2.45, 2.75) is 19.3 Å². The van der Waals surface area contributed by atoms with Gasteiger partial charge in [-0.15, -0.1) is 26.3 Å². The number of ether oxygens (including phenoxy) is 2. The predicted molar refractivity (Wildman–Crippen MR) is 78.2 cm³/mol. The Morgan fingerprint density at radius 1 is 0.800 bits per heavy atom. The van der Waals surface area contributed by atoms with Crippen LogP contribution in [-0.4, -0.2) is 12.7 Å². The van der Waals surface area contributed by atoms with Crippen LogP contribution >= 0.6 is 0 Å². The molecular formula is C15H14F6N2O2. The predicted octanol–water partition coefficient (Wildman–Crippen LogP) is 4.77. The first kappa shape index (κ1) is 20.6. The van der Waals surface area contributed by atoms with E-state index < -0.39 is 24.2 Å². The number of hydrogen-bond donors (Lipinski definition) is 2. The molecule has 0 aliphatic carbocycles. The first-order valence-corrected chi connectivity index (χ1v) is 6.52. The lowest BCUT2D eigenvalue weighted by Crippen LogP contribution is -2.18. The molecule has 138 valence electrons. The fraction of sp³-hybridized carbons (Fsp3) is 0.200. The average molecular weight is 368 g/mol. The Labute approximate surface area is 138 Å². The number of halogens is 6. The molecule has 0 fully saturated rings. The second-order valence-electron chi connectivity index (χ2n) is 4.65. The third-order valence-electron chi connectivity index (χ3n) is 2.91. The van der Waals surface area contributed by atoms with Gasteiger partial charge in [-0.25, -0.2) is 0 Å². The van der Waals surface area contributed by atoms with Crippen molar-refractivity contribution in [1.29, 1.82) is 0 Å². The first-order valence-electron chi connectivity index (χ1n) is 6.52. The summed E-state index contributed by atoms with van der Waals surface area (Å²) in [4.78, 5) is 0. The van der Waals surface area contributed by atoms with Gasteiger partial charge >= 0.3 is 12.7 Å². The molecule has 25 heavy (non-hydrogen) atoms. The van der Waals surface area contributed by atoms with Crippen molar-refractivity contribution in [3.05, 3.63) is 48.0 Å². The Balaban J connectivity index is 0.00000312. The van der Waals surface area contributed by atoms with Crippen LogP contribution in [0.3, 0.4) is 0 Å². The van der Waals surface area contributed by atoms with Gasteiger partial charge in [-0.2, -0.15) is 0 Å². The monoisotopic (exact) mass is 368 g/mol. The second-order valence-corrected chi connectivity index (χ2v) is 4.65. The maximum atomic E-state index is 12.4. The van der Waals surface area contributed by atoms with E-state index in [2.05, 4.69) is 9.47 Å². The van der Waals surface area contributed by atoms with Crippen LogP contribution in [0.5, 0.6) is 11.5 Å². The molecule has 0 aliphatic heterocycles. The summed E-state index contributed by atoms with van der Waals surface area (Å²) >= 11 is 0. The van der Waals surface area contributed by atoms with Gasteiger partial charge in [0.2, 0.25) is 0 Å². The Kier molecular flexibility index (Phi) is 6.27. The minimum Gasteiger partial charge on any atom is -0.406 e. The molecule has 0 saturated heterocycles. The average Bonchev–Trinajstić information content (AvgIpc) is 2.44.